The van der Waals surface area contributed by atoms with Crippen LogP contribution in [0.25, 0.3) is 0 Å². The molecule has 1 unspecified atom stereocenters. The van der Waals surface area contributed by atoms with Gasteiger partial charge in [-0.1, -0.05) is 61.8 Å². The number of aliphatic hydroxyl groups is 1. The SMILES string of the molecule is O=C1[C@@H]2[C@H]3C(=O)N(CCCCCO)C4C(=O)N(C5CCCCC5)CC=C[C@@]43O[C@@H]2C=CCN1c1ccccc1. The minimum Gasteiger partial charge on any atom is -0.396 e. The number of hydrogen-bond donors (Lipinski definition) is 1. The number of ether oxygens (including phenoxy) is 1. The second-order valence-electron chi connectivity index (χ2n) is 11.6. The van der Waals surface area contributed by atoms with Gasteiger partial charge in [-0.3, -0.25) is 14.4 Å². The highest BCUT2D eigenvalue weighted by molar-refractivity contribution is 6.03. The maximum atomic E-state index is 14.4. The maximum Gasteiger partial charge on any atom is 0.249 e. The fourth-order valence-corrected chi connectivity index (χ4v) is 7.53. The van der Waals surface area contributed by atoms with Crippen molar-refractivity contribution in [3.63, 3.8) is 0 Å². The van der Waals surface area contributed by atoms with Gasteiger partial charge in [-0.05, 0) is 44.2 Å². The lowest BCUT2D eigenvalue weighted by Gasteiger charge is -2.39. The van der Waals surface area contributed by atoms with Crippen LogP contribution < -0.4 is 4.90 Å². The van der Waals surface area contributed by atoms with E-state index in [2.05, 4.69) is 0 Å². The Hall–Kier alpha value is -2.97. The topological polar surface area (TPSA) is 90.4 Å². The fourth-order valence-electron chi connectivity index (χ4n) is 7.53. The lowest BCUT2D eigenvalue weighted by molar-refractivity contribution is -0.149. The predicted molar refractivity (Wildman–Crippen MR) is 147 cm³/mol. The molecule has 208 valence electrons. The van der Waals surface area contributed by atoms with E-state index in [-0.39, 0.29) is 30.4 Å². The standard InChI is InChI=1S/C31H39N3O5/c35-21-9-3-8-18-34-27-30(38)33(23-14-6-2-7-15-23)20-11-17-31(27)26(29(34)37)25-24(39-31)16-10-19-32(28(25)36)22-12-4-1-5-13-22/h1,4-5,10-13,16-17,23-27,35H,2-3,6-9,14-15,18-21H2/t24-,25+,26+,27?,31+/m1/s1. The largest absolute Gasteiger partial charge is 0.396 e. The van der Waals surface area contributed by atoms with Crippen molar-refractivity contribution < 1.29 is 24.2 Å². The van der Waals surface area contributed by atoms with Crippen molar-refractivity contribution in [1.29, 1.82) is 0 Å². The summed E-state index contributed by atoms with van der Waals surface area (Å²) < 4.78 is 6.76. The maximum absolute atomic E-state index is 14.4. The summed E-state index contributed by atoms with van der Waals surface area (Å²) in [6.45, 7) is 1.42. The molecule has 4 heterocycles. The molecule has 1 saturated carbocycles. The normalized spacial score (nSPS) is 32.7. The van der Waals surface area contributed by atoms with Gasteiger partial charge in [0.05, 0.1) is 17.9 Å². The van der Waals surface area contributed by atoms with Crippen LogP contribution in [-0.2, 0) is 19.1 Å². The number of para-hydroxylation sites is 1. The van der Waals surface area contributed by atoms with Crippen LogP contribution >= 0.6 is 0 Å². The molecule has 1 aromatic rings. The molecule has 1 spiro atoms. The molecular formula is C31H39N3O5. The number of nitrogens with zero attached hydrogens (tertiary/aromatic N) is 3. The summed E-state index contributed by atoms with van der Waals surface area (Å²) >= 11 is 0. The average molecular weight is 534 g/mol. The van der Waals surface area contributed by atoms with Crippen molar-refractivity contribution in [1.82, 2.24) is 9.80 Å². The summed E-state index contributed by atoms with van der Waals surface area (Å²) in [6.07, 6.45) is 14.7. The molecule has 1 aromatic carbocycles. The number of rotatable bonds is 7. The van der Waals surface area contributed by atoms with Crippen molar-refractivity contribution in [3.8, 4) is 0 Å². The van der Waals surface area contributed by atoms with Gasteiger partial charge >= 0.3 is 0 Å². The van der Waals surface area contributed by atoms with E-state index in [0.29, 0.717) is 32.5 Å². The van der Waals surface area contributed by atoms with Crippen molar-refractivity contribution in [3.05, 3.63) is 54.6 Å². The van der Waals surface area contributed by atoms with Crippen LogP contribution in [0.3, 0.4) is 0 Å². The molecule has 2 saturated heterocycles. The molecule has 5 atom stereocenters. The lowest BCUT2D eigenvalue weighted by Crippen LogP contribution is -2.57. The molecule has 6 rings (SSSR count). The average Bonchev–Trinajstić information content (AvgIpc) is 3.27. The van der Waals surface area contributed by atoms with E-state index in [0.717, 1.165) is 37.8 Å². The van der Waals surface area contributed by atoms with E-state index >= 15 is 0 Å². The van der Waals surface area contributed by atoms with E-state index in [1.165, 1.54) is 6.42 Å². The highest BCUT2D eigenvalue weighted by Crippen LogP contribution is 2.54. The zero-order valence-corrected chi connectivity index (χ0v) is 22.5. The van der Waals surface area contributed by atoms with Gasteiger partial charge in [0.15, 0.2) is 0 Å². The van der Waals surface area contributed by atoms with E-state index in [1.807, 2.05) is 59.5 Å². The van der Waals surface area contributed by atoms with Gasteiger partial charge in [0.25, 0.3) is 0 Å². The van der Waals surface area contributed by atoms with Gasteiger partial charge in [0.1, 0.15) is 11.6 Å². The van der Waals surface area contributed by atoms with Crippen molar-refractivity contribution in [2.75, 3.05) is 31.1 Å². The molecule has 1 aliphatic carbocycles. The first-order valence-corrected chi connectivity index (χ1v) is 14.7. The Kier molecular flexibility index (Phi) is 7.33. The number of carbonyl (C=O) groups is 3. The second-order valence-corrected chi connectivity index (χ2v) is 11.6. The van der Waals surface area contributed by atoms with Crippen molar-refractivity contribution in [2.45, 2.75) is 75.2 Å². The molecule has 8 nitrogen and oxygen atoms in total. The molecule has 8 heteroatoms. The molecular weight excluding hydrogens is 494 g/mol. The number of unbranched alkanes of at least 4 members (excludes halogenated alkanes) is 2. The van der Waals surface area contributed by atoms with Gasteiger partial charge in [-0.15, -0.1) is 0 Å². The van der Waals surface area contributed by atoms with E-state index in [9.17, 15) is 19.5 Å². The number of carbonyl (C=O) groups excluding carboxylic acids is 3. The Morgan fingerprint density at radius 3 is 2.46 bits per heavy atom. The molecule has 5 aliphatic rings. The molecule has 0 aromatic heterocycles. The summed E-state index contributed by atoms with van der Waals surface area (Å²) in [5, 5.41) is 9.27. The van der Waals surface area contributed by atoms with Crippen molar-refractivity contribution in [2.24, 2.45) is 11.8 Å². The molecule has 3 fully saturated rings. The monoisotopic (exact) mass is 533 g/mol. The number of likely N-dealkylation sites (tertiary alicyclic amines) is 1. The van der Waals surface area contributed by atoms with E-state index in [1.54, 1.807) is 9.80 Å². The molecule has 0 bridgehead atoms. The Bertz CT molecular complexity index is 1150. The molecule has 3 amide bonds. The van der Waals surface area contributed by atoms with Gasteiger partial charge in [-0.2, -0.15) is 0 Å². The smallest absolute Gasteiger partial charge is 0.249 e. The number of hydrogen-bond acceptors (Lipinski definition) is 5. The fraction of sp³-hybridized carbons (Fsp3) is 0.581. The third-order valence-corrected chi connectivity index (χ3v) is 9.33. The van der Waals surface area contributed by atoms with Crippen molar-refractivity contribution >= 4 is 23.4 Å². The number of fused-ring (bicyclic) bond motifs is 2. The third kappa shape index (κ3) is 4.42. The Morgan fingerprint density at radius 2 is 1.69 bits per heavy atom. The van der Waals surface area contributed by atoms with Gasteiger partial charge in [-0.25, -0.2) is 0 Å². The zero-order chi connectivity index (χ0) is 27.0. The minimum atomic E-state index is -1.18. The summed E-state index contributed by atoms with van der Waals surface area (Å²) in [7, 11) is 0. The summed E-state index contributed by atoms with van der Waals surface area (Å²) in [5.74, 6) is -1.84. The zero-order valence-electron chi connectivity index (χ0n) is 22.5. The van der Waals surface area contributed by atoms with E-state index in [4.69, 9.17) is 4.74 Å². The first-order chi connectivity index (χ1) is 19.1. The second kappa shape index (κ2) is 10.9. The first-order valence-electron chi connectivity index (χ1n) is 14.7. The molecule has 4 aliphatic heterocycles. The van der Waals surface area contributed by atoms with Gasteiger partial charge < -0.3 is 24.5 Å². The third-order valence-electron chi connectivity index (χ3n) is 9.33. The lowest BCUT2D eigenvalue weighted by atomic mass is 9.77. The van der Waals surface area contributed by atoms with Crippen LogP contribution in [0.5, 0.6) is 0 Å². The van der Waals surface area contributed by atoms with Crippen LogP contribution in [0.15, 0.2) is 54.6 Å². The molecule has 39 heavy (non-hydrogen) atoms. The number of amides is 3. The first kappa shape index (κ1) is 26.3. The summed E-state index contributed by atoms with van der Waals surface area (Å²) in [4.78, 5) is 48.3. The van der Waals surface area contributed by atoms with Crippen LogP contribution in [0, 0.1) is 11.8 Å². The van der Waals surface area contributed by atoms with E-state index < -0.39 is 29.6 Å². The number of benzene rings is 1. The summed E-state index contributed by atoms with van der Waals surface area (Å²) in [6, 6.07) is 8.90. The van der Waals surface area contributed by atoms with Crippen LogP contribution in [0.4, 0.5) is 5.69 Å². The Balaban J connectivity index is 1.38. The molecule has 1 N–H and O–H groups in total. The minimum absolute atomic E-state index is 0.0577. The van der Waals surface area contributed by atoms with Crippen LogP contribution in [0.1, 0.15) is 51.4 Å². The van der Waals surface area contributed by atoms with Gasteiger partial charge in [0.2, 0.25) is 17.7 Å². The predicted octanol–water partition coefficient (Wildman–Crippen LogP) is 3.06. The quantitative estimate of drug-likeness (QED) is 0.430. The van der Waals surface area contributed by atoms with Crippen LogP contribution in [0.2, 0.25) is 0 Å². The summed E-state index contributed by atoms with van der Waals surface area (Å²) in [5.41, 5.74) is -0.392. The highest BCUT2D eigenvalue weighted by atomic mass is 16.5. The Morgan fingerprint density at radius 1 is 0.897 bits per heavy atom. The van der Waals surface area contributed by atoms with Gasteiger partial charge in [0, 0.05) is 38.0 Å². The highest BCUT2D eigenvalue weighted by Gasteiger charge is 2.71. The number of anilines is 1. The molecule has 0 radical (unpaired) electrons. The van der Waals surface area contributed by atoms with Crippen LogP contribution in [-0.4, -0.2) is 82.7 Å². The number of aliphatic hydroxyl groups excluding tert-OH is 1. The Labute approximate surface area is 230 Å².